The van der Waals surface area contributed by atoms with Gasteiger partial charge in [-0.1, -0.05) is 58.4 Å². The van der Waals surface area contributed by atoms with Crippen molar-refractivity contribution in [2.75, 3.05) is 7.11 Å². The van der Waals surface area contributed by atoms with Crippen LogP contribution in [0.5, 0.6) is 5.75 Å². The van der Waals surface area contributed by atoms with Crippen molar-refractivity contribution in [1.29, 1.82) is 0 Å². The Hall–Kier alpha value is -1.80. The first kappa shape index (κ1) is 14.2. The molecule has 3 rings (SSSR count). The van der Waals surface area contributed by atoms with Crippen LogP contribution in [-0.4, -0.2) is 7.11 Å². The molecular formula is C19H17BrO. The molecule has 0 aliphatic rings. The number of hydrogen-bond donors (Lipinski definition) is 0. The SMILES string of the molecule is COc1ccc(C(Br)c2ccc3ccccc3c2)c(C)c1. The van der Waals surface area contributed by atoms with E-state index in [1.807, 2.05) is 6.07 Å². The molecule has 0 bridgehead atoms. The molecule has 0 N–H and O–H groups in total. The van der Waals surface area contributed by atoms with E-state index in [-0.39, 0.29) is 4.83 Å². The van der Waals surface area contributed by atoms with Gasteiger partial charge in [0.1, 0.15) is 5.75 Å². The molecule has 21 heavy (non-hydrogen) atoms. The van der Waals surface area contributed by atoms with Crippen molar-refractivity contribution in [3.05, 3.63) is 77.4 Å². The summed E-state index contributed by atoms with van der Waals surface area (Å²) in [6.07, 6.45) is 0. The van der Waals surface area contributed by atoms with E-state index in [1.54, 1.807) is 7.11 Å². The van der Waals surface area contributed by atoms with E-state index in [9.17, 15) is 0 Å². The molecule has 1 unspecified atom stereocenters. The van der Waals surface area contributed by atoms with Gasteiger partial charge in [0.05, 0.1) is 11.9 Å². The lowest BCUT2D eigenvalue weighted by atomic mass is 9.98. The molecule has 0 amide bonds. The fourth-order valence-corrected chi connectivity index (χ4v) is 3.40. The highest BCUT2D eigenvalue weighted by Crippen LogP contribution is 2.35. The molecule has 3 aromatic rings. The van der Waals surface area contributed by atoms with Crippen LogP contribution < -0.4 is 4.74 Å². The molecule has 2 heteroatoms. The average molecular weight is 341 g/mol. The third-order valence-corrected chi connectivity index (χ3v) is 4.84. The van der Waals surface area contributed by atoms with Crippen LogP contribution in [0.1, 0.15) is 21.5 Å². The summed E-state index contributed by atoms with van der Waals surface area (Å²) in [6, 6.07) is 21.3. The average Bonchev–Trinajstić information content (AvgIpc) is 2.53. The molecule has 1 atom stereocenters. The molecule has 106 valence electrons. The lowest BCUT2D eigenvalue weighted by Crippen LogP contribution is -1.96. The van der Waals surface area contributed by atoms with Gasteiger partial charge in [0, 0.05) is 0 Å². The monoisotopic (exact) mass is 340 g/mol. The summed E-state index contributed by atoms with van der Waals surface area (Å²) in [7, 11) is 1.70. The van der Waals surface area contributed by atoms with Crippen LogP contribution in [0.25, 0.3) is 10.8 Å². The van der Waals surface area contributed by atoms with Gasteiger partial charge in [-0.3, -0.25) is 0 Å². The van der Waals surface area contributed by atoms with Gasteiger partial charge >= 0.3 is 0 Å². The van der Waals surface area contributed by atoms with Crippen molar-refractivity contribution in [2.24, 2.45) is 0 Å². The molecule has 0 aromatic heterocycles. The van der Waals surface area contributed by atoms with Gasteiger partial charge < -0.3 is 4.74 Å². The van der Waals surface area contributed by atoms with Crippen molar-refractivity contribution in [3.63, 3.8) is 0 Å². The normalized spacial score (nSPS) is 12.3. The van der Waals surface area contributed by atoms with Gasteiger partial charge in [-0.15, -0.1) is 0 Å². The van der Waals surface area contributed by atoms with Crippen molar-refractivity contribution < 1.29 is 4.74 Å². The van der Waals surface area contributed by atoms with Gasteiger partial charge in [-0.05, 0) is 52.6 Å². The molecular weight excluding hydrogens is 324 g/mol. The Morgan fingerprint density at radius 3 is 2.38 bits per heavy atom. The zero-order valence-electron chi connectivity index (χ0n) is 12.1. The highest BCUT2D eigenvalue weighted by atomic mass is 79.9. The third kappa shape index (κ3) is 2.81. The van der Waals surface area contributed by atoms with Crippen LogP contribution in [0.15, 0.2) is 60.7 Å². The van der Waals surface area contributed by atoms with E-state index in [1.165, 1.54) is 27.5 Å². The van der Waals surface area contributed by atoms with E-state index < -0.39 is 0 Å². The quantitative estimate of drug-likeness (QED) is 0.560. The summed E-state index contributed by atoms with van der Waals surface area (Å²) in [5, 5.41) is 2.54. The first-order chi connectivity index (χ1) is 10.2. The topological polar surface area (TPSA) is 9.23 Å². The number of halogens is 1. The molecule has 0 saturated heterocycles. The summed E-state index contributed by atoms with van der Waals surface area (Å²) >= 11 is 3.84. The second-order valence-corrected chi connectivity index (χ2v) is 6.11. The number of alkyl halides is 1. The molecule has 0 aliphatic carbocycles. The highest BCUT2D eigenvalue weighted by molar-refractivity contribution is 9.09. The first-order valence-corrected chi connectivity index (χ1v) is 7.88. The standard InChI is InChI=1S/C19H17BrO/c1-13-11-17(21-2)9-10-18(13)19(20)16-8-7-14-5-3-4-6-15(14)12-16/h3-12,19H,1-2H3. The van der Waals surface area contributed by atoms with Crippen LogP contribution in [0.2, 0.25) is 0 Å². The maximum Gasteiger partial charge on any atom is 0.119 e. The molecule has 0 radical (unpaired) electrons. The Morgan fingerprint density at radius 2 is 1.67 bits per heavy atom. The smallest absolute Gasteiger partial charge is 0.119 e. The van der Waals surface area contributed by atoms with Gasteiger partial charge in [0.2, 0.25) is 0 Å². The summed E-state index contributed by atoms with van der Waals surface area (Å²) in [5.74, 6) is 0.898. The molecule has 0 fully saturated rings. The van der Waals surface area contributed by atoms with Gasteiger partial charge in [0.15, 0.2) is 0 Å². The van der Waals surface area contributed by atoms with E-state index in [0.29, 0.717) is 0 Å². The number of ether oxygens (including phenoxy) is 1. The Bertz CT molecular complexity index is 779. The molecule has 0 spiro atoms. The number of fused-ring (bicyclic) bond motifs is 1. The van der Waals surface area contributed by atoms with Gasteiger partial charge in [0.25, 0.3) is 0 Å². The molecule has 1 nitrogen and oxygen atoms in total. The second-order valence-electron chi connectivity index (χ2n) is 5.19. The van der Waals surface area contributed by atoms with E-state index in [0.717, 1.165) is 5.75 Å². The van der Waals surface area contributed by atoms with E-state index >= 15 is 0 Å². The fraction of sp³-hybridized carbons (Fsp3) is 0.158. The number of methoxy groups -OCH3 is 1. The molecule has 0 heterocycles. The number of rotatable bonds is 3. The van der Waals surface area contributed by atoms with Crippen molar-refractivity contribution in [2.45, 2.75) is 11.8 Å². The summed E-state index contributed by atoms with van der Waals surface area (Å²) in [4.78, 5) is 0.188. The zero-order chi connectivity index (χ0) is 14.8. The minimum absolute atomic E-state index is 0.188. The first-order valence-electron chi connectivity index (χ1n) is 6.96. The lowest BCUT2D eigenvalue weighted by Gasteiger charge is -2.15. The summed E-state index contributed by atoms with van der Waals surface area (Å²) in [5.41, 5.74) is 3.76. The van der Waals surface area contributed by atoms with Gasteiger partial charge in [-0.2, -0.15) is 0 Å². The van der Waals surface area contributed by atoms with Crippen molar-refractivity contribution in [1.82, 2.24) is 0 Å². The lowest BCUT2D eigenvalue weighted by molar-refractivity contribution is 0.414. The summed E-state index contributed by atoms with van der Waals surface area (Å²) < 4.78 is 5.28. The molecule has 3 aromatic carbocycles. The minimum Gasteiger partial charge on any atom is -0.497 e. The third-order valence-electron chi connectivity index (χ3n) is 3.82. The predicted octanol–water partition coefficient (Wildman–Crippen LogP) is 5.64. The Kier molecular flexibility index (Phi) is 3.98. The van der Waals surface area contributed by atoms with Crippen LogP contribution in [0.4, 0.5) is 0 Å². The largest absolute Gasteiger partial charge is 0.497 e. The number of benzene rings is 3. The highest BCUT2D eigenvalue weighted by Gasteiger charge is 2.13. The van der Waals surface area contributed by atoms with Crippen LogP contribution in [-0.2, 0) is 0 Å². The van der Waals surface area contributed by atoms with E-state index in [2.05, 4.69) is 77.5 Å². The number of aryl methyl sites for hydroxylation is 1. The Labute approximate surface area is 133 Å². The minimum atomic E-state index is 0.188. The Morgan fingerprint density at radius 1 is 0.905 bits per heavy atom. The zero-order valence-corrected chi connectivity index (χ0v) is 13.7. The molecule has 0 saturated carbocycles. The van der Waals surface area contributed by atoms with Crippen LogP contribution in [0.3, 0.4) is 0 Å². The van der Waals surface area contributed by atoms with Crippen LogP contribution >= 0.6 is 15.9 Å². The predicted molar refractivity (Wildman–Crippen MR) is 92.4 cm³/mol. The maximum absolute atomic E-state index is 5.28. The number of hydrogen-bond acceptors (Lipinski definition) is 1. The maximum atomic E-state index is 5.28. The second kappa shape index (κ2) is 5.90. The van der Waals surface area contributed by atoms with E-state index in [4.69, 9.17) is 4.74 Å². The van der Waals surface area contributed by atoms with Gasteiger partial charge in [-0.25, -0.2) is 0 Å². The summed E-state index contributed by atoms with van der Waals surface area (Å²) in [6.45, 7) is 2.12. The molecule has 0 aliphatic heterocycles. The Balaban J connectivity index is 2.01. The fourth-order valence-electron chi connectivity index (χ4n) is 2.60. The van der Waals surface area contributed by atoms with Crippen molar-refractivity contribution >= 4 is 26.7 Å². The van der Waals surface area contributed by atoms with Crippen LogP contribution in [0, 0.1) is 6.92 Å². The van der Waals surface area contributed by atoms with Crippen molar-refractivity contribution in [3.8, 4) is 5.75 Å².